The highest BCUT2D eigenvalue weighted by Crippen LogP contribution is 2.30. The van der Waals surface area contributed by atoms with Gasteiger partial charge in [-0.2, -0.15) is 18.3 Å². The Balaban J connectivity index is 0.00000368. The Morgan fingerprint density at radius 2 is 1.79 bits per heavy atom. The fraction of sp³-hybridized carbons (Fsp3) is 0.344. The minimum atomic E-state index is -4.41. The SMILES string of the molecule is C.CN1CCN(CCOc2ccn3c(C(=O)Cc4cccc5c4cnn5Cc4cccc(C(F)(F)F)c4)cnc3c2)CC1. The van der Waals surface area contributed by atoms with E-state index in [1.54, 1.807) is 33.7 Å². The molecule has 0 unspecified atom stereocenters. The third kappa shape index (κ3) is 6.73. The number of rotatable bonds is 9. The number of hydrogen-bond acceptors (Lipinski definition) is 6. The third-order valence-electron chi connectivity index (χ3n) is 7.76. The number of halogens is 3. The van der Waals surface area contributed by atoms with Gasteiger partial charge in [0.05, 0.1) is 30.0 Å². The van der Waals surface area contributed by atoms with Gasteiger partial charge in [0.25, 0.3) is 0 Å². The van der Waals surface area contributed by atoms with Crippen molar-refractivity contribution in [1.29, 1.82) is 0 Å². The average molecular weight is 593 g/mol. The molecule has 0 saturated carbocycles. The van der Waals surface area contributed by atoms with E-state index in [1.165, 1.54) is 6.07 Å². The molecule has 8 nitrogen and oxygen atoms in total. The second-order valence-electron chi connectivity index (χ2n) is 10.7. The molecule has 0 aliphatic carbocycles. The molecule has 1 aliphatic heterocycles. The highest BCUT2D eigenvalue weighted by atomic mass is 19.4. The maximum Gasteiger partial charge on any atom is 0.416 e. The first-order valence-corrected chi connectivity index (χ1v) is 13.9. The number of alkyl halides is 3. The van der Waals surface area contributed by atoms with Gasteiger partial charge in [0.2, 0.25) is 0 Å². The second-order valence-corrected chi connectivity index (χ2v) is 10.7. The van der Waals surface area contributed by atoms with Crippen LogP contribution in [0.5, 0.6) is 5.75 Å². The van der Waals surface area contributed by atoms with Gasteiger partial charge in [-0.05, 0) is 42.4 Å². The summed E-state index contributed by atoms with van der Waals surface area (Å²) in [5.41, 5.74) is 2.41. The molecule has 1 fully saturated rings. The monoisotopic (exact) mass is 592 g/mol. The largest absolute Gasteiger partial charge is 0.492 e. The zero-order valence-corrected chi connectivity index (χ0v) is 23.2. The van der Waals surface area contributed by atoms with Gasteiger partial charge in [-0.1, -0.05) is 31.7 Å². The predicted molar refractivity (Wildman–Crippen MR) is 160 cm³/mol. The van der Waals surface area contributed by atoms with E-state index in [9.17, 15) is 18.0 Å². The van der Waals surface area contributed by atoms with Crippen molar-refractivity contribution in [2.45, 2.75) is 26.6 Å². The van der Waals surface area contributed by atoms with Gasteiger partial charge in [0.15, 0.2) is 5.78 Å². The number of aromatic nitrogens is 4. The number of carbonyl (C=O) groups is 1. The Bertz CT molecular complexity index is 1720. The maximum atomic E-state index is 13.4. The second kappa shape index (κ2) is 12.6. The van der Waals surface area contributed by atoms with Crippen LogP contribution in [0.2, 0.25) is 0 Å². The van der Waals surface area contributed by atoms with E-state index >= 15 is 0 Å². The Morgan fingerprint density at radius 1 is 1.00 bits per heavy atom. The van der Waals surface area contributed by atoms with Gasteiger partial charge in [-0.15, -0.1) is 0 Å². The van der Waals surface area contributed by atoms with Crippen LogP contribution >= 0.6 is 0 Å². The van der Waals surface area contributed by atoms with Crippen molar-refractivity contribution in [3.63, 3.8) is 0 Å². The molecule has 6 rings (SSSR count). The lowest BCUT2D eigenvalue weighted by Gasteiger charge is -2.32. The van der Waals surface area contributed by atoms with Crippen molar-refractivity contribution in [2.75, 3.05) is 46.4 Å². The number of pyridine rings is 1. The van der Waals surface area contributed by atoms with Crippen LogP contribution in [0.15, 0.2) is 73.2 Å². The first kappa shape index (κ1) is 30.2. The molecule has 3 aromatic heterocycles. The van der Waals surface area contributed by atoms with Crippen LogP contribution in [0.3, 0.4) is 0 Å². The Hall–Kier alpha value is -4.22. The van der Waals surface area contributed by atoms with Crippen molar-refractivity contribution in [2.24, 2.45) is 0 Å². The van der Waals surface area contributed by atoms with Crippen molar-refractivity contribution >= 4 is 22.3 Å². The number of nitrogens with zero attached hydrogens (tertiary/aromatic N) is 6. The third-order valence-corrected chi connectivity index (χ3v) is 7.76. The molecule has 0 N–H and O–H groups in total. The van der Waals surface area contributed by atoms with Crippen molar-refractivity contribution < 1.29 is 22.7 Å². The van der Waals surface area contributed by atoms with Gasteiger partial charge < -0.3 is 9.64 Å². The summed E-state index contributed by atoms with van der Waals surface area (Å²) in [6.07, 6.45) is 0.750. The molecule has 0 radical (unpaired) electrons. The zero-order chi connectivity index (χ0) is 29.3. The van der Waals surface area contributed by atoms with E-state index in [0.717, 1.165) is 61.3 Å². The lowest BCUT2D eigenvalue weighted by molar-refractivity contribution is -0.137. The minimum Gasteiger partial charge on any atom is -0.492 e. The van der Waals surface area contributed by atoms with Crippen LogP contribution in [0.25, 0.3) is 16.6 Å². The van der Waals surface area contributed by atoms with Crippen LogP contribution in [0, 0.1) is 0 Å². The molecule has 0 atom stereocenters. The Labute approximate surface area is 248 Å². The van der Waals surface area contributed by atoms with E-state index in [1.807, 2.05) is 30.3 Å². The van der Waals surface area contributed by atoms with E-state index < -0.39 is 11.7 Å². The van der Waals surface area contributed by atoms with Crippen LogP contribution in [-0.4, -0.2) is 81.1 Å². The first-order chi connectivity index (χ1) is 20.2. The molecule has 226 valence electrons. The molecule has 43 heavy (non-hydrogen) atoms. The molecule has 1 aliphatic rings. The van der Waals surface area contributed by atoms with Gasteiger partial charge in [-0.3, -0.25) is 18.8 Å². The van der Waals surface area contributed by atoms with Crippen LogP contribution in [0.1, 0.15) is 34.6 Å². The number of ketones is 1. The first-order valence-electron chi connectivity index (χ1n) is 13.9. The summed E-state index contributed by atoms with van der Waals surface area (Å²) in [6.45, 7) is 5.82. The summed E-state index contributed by atoms with van der Waals surface area (Å²) in [4.78, 5) is 22.5. The fourth-order valence-electron chi connectivity index (χ4n) is 5.35. The normalized spacial score (nSPS) is 14.7. The van der Waals surface area contributed by atoms with Crippen molar-refractivity contribution in [3.8, 4) is 5.75 Å². The summed E-state index contributed by atoms with van der Waals surface area (Å²) in [7, 11) is 2.13. The van der Waals surface area contributed by atoms with Crippen LogP contribution in [-0.2, 0) is 19.1 Å². The highest BCUT2D eigenvalue weighted by molar-refractivity contribution is 5.99. The van der Waals surface area contributed by atoms with Crippen LogP contribution in [0.4, 0.5) is 13.2 Å². The fourth-order valence-corrected chi connectivity index (χ4v) is 5.35. The summed E-state index contributed by atoms with van der Waals surface area (Å²) >= 11 is 0. The molecule has 0 spiro atoms. The molecular formula is C32H35F3N6O2. The Kier molecular flexibility index (Phi) is 8.84. The number of carbonyl (C=O) groups excluding carboxylic acids is 1. The van der Waals surface area contributed by atoms with Gasteiger partial charge in [0, 0.05) is 56.8 Å². The lowest BCUT2D eigenvalue weighted by atomic mass is 10.0. The molecule has 1 saturated heterocycles. The number of ether oxygens (including phenoxy) is 1. The summed E-state index contributed by atoms with van der Waals surface area (Å²) in [5, 5.41) is 5.20. The number of fused-ring (bicyclic) bond motifs is 2. The van der Waals surface area contributed by atoms with E-state index in [2.05, 4.69) is 26.9 Å². The number of Topliss-reactive ketones (excluding diaryl/α,β-unsaturated/α-hetero) is 1. The van der Waals surface area contributed by atoms with E-state index in [0.29, 0.717) is 29.3 Å². The number of piperazine rings is 1. The Morgan fingerprint density at radius 3 is 2.58 bits per heavy atom. The predicted octanol–water partition coefficient (Wildman–Crippen LogP) is 5.44. The van der Waals surface area contributed by atoms with Gasteiger partial charge in [-0.25, -0.2) is 4.98 Å². The zero-order valence-electron chi connectivity index (χ0n) is 23.2. The molecule has 4 heterocycles. The molecular weight excluding hydrogens is 557 g/mol. The minimum absolute atomic E-state index is 0. The molecule has 0 bridgehead atoms. The number of imidazole rings is 1. The molecule has 2 aromatic carbocycles. The lowest BCUT2D eigenvalue weighted by Crippen LogP contribution is -2.45. The number of likely N-dealkylation sites (N-methyl/N-ethyl adjacent to an activating group) is 1. The smallest absolute Gasteiger partial charge is 0.416 e. The highest BCUT2D eigenvalue weighted by Gasteiger charge is 2.30. The quantitative estimate of drug-likeness (QED) is 0.213. The standard InChI is InChI=1S/C31H31F3N6O2.CH4/c1-37-10-12-38(13-11-37)14-15-42-25-8-9-39-28(20-35-30(39)18-25)29(41)17-23-5-3-7-27-26(23)19-36-40(27)21-22-4-2-6-24(16-22)31(32,33)34;/h2-9,16,18-20H,10-15,17,21H2,1H3;1H4. The van der Waals surface area contributed by atoms with Crippen molar-refractivity contribution in [1.82, 2.24) is 29.0 Å². The van der Waals surface area contributed by atoms with Crippen LogP contribution < -0.4 is 4.74 Å². The van der Waals surface area contributed by atoms with Crippen molar-refractivity contribution in [3.05, 3.63) is 95.6 Å². The summed E-state index contributed by atoms with van der Waals surface area (Å²) in [6, 6.07) is 14.4. The molecule has 5 aromatic rings. The summed E-state index contributed by atoms with van der Waals surface area (Å²) < 4.78 is 48.9. The molecule has 0 amide bonds. The van der Waals surface area contributed by atoms with E-state index in [-0.39, 0.29) is 26.2 Å². The number of benzene rings is 2. The number of hydrogen-bond donors (Lipinski definition) is 0. The van der Waals surface area contributed by atoms with Gasteiger partial charge in [0.1, 0.15) is 23.7 Å². The topological polar surface area (TPSA) is 67.9 Å². The van der Waals surface area contributed by atoms with E-state index in [4.69, 9.17) is 4.74 Å². The molecule has 11 heteroatoms. The summed E-state index contributed by atoms with van der Waals surface area (Å²) in [5.74, 6) is 0.601. The maximum absolute atomic E-state index is 13.4. The average Bonchev–Trinajstić information content (AvgIpc) is 3.58. The van der Waals surface area contributed by atoms with Gasteiger partial charge >= 0.3 is 6.18 Å².